The second-order valence-electron chi connectivity index (χ2n) is 8.55. The van der Waals surface area contributed by atoms with Crippen LogP contribution in [0.15, 0.2) is 72.6 Å². The number of para-hydroxylation sites is 2. The van der Waals surface area contributed by atoms with Crippen molar-refractivity contribution >= 4 is 11.6 Å². The molecule has 0 fully saturated rings. The molecule has 0 amide bonds. The zero-order valence-corrected chi connectivity index (χ0v) is 20.9. The lowest BCUT2D eigenvalue weighted by Gasteiger charge is -2.39. The van der Waals surface area contributed by atoms with E-state index in [0.29, 0.717) is 23.2 Å². The fourth-order valence-corrected chi connectivity index (χ4v) is 5.20. The molecule has 9 nitrogen and oxygen atoms in total. The number of methoxy groups -OCH3 is 4. The summed E-state index contributed by atoms with van der Waals surface area (Å²) in [6.45, 7) is 0. The molecule has 188 valence electrons. The Labute approximate surface area is 214 Å². The van der Waals surface area contributed by atoms with Crippen molar-refractivity contribution in [3.63, 3.8) is 0 Å². The molecular formula is C28H26N4O5. The van der Waals surface area contributed by atoms with Crippen LogP contribution in [0.4, 0.5) is 5.95 Å². The Morgan fingerprint density at radius 1 is 0.784 bits per heavy atom. The van der Waals surface area contributed by atoms with Crippen molar-refractivity contribution in [3.8, 4) is 28.7 Å². The van der Waals surface area contributed by atoms with Crippen LogP contribution in [0.2, 0.25) is 0 Å². The SMILES string of the molecule is COc1ccccc1[C@H]1C2=C(Nc3ncnn31)c1ccccc1O[C@H]2c1ccc(OC)c(OC)c1OC. The molecule has 2 aliphatic heterocycles. The fraction of sp³-hybridized carbons (Fsp3) is 0.214. The number of nitrogens with one attached hydrogen (secondary N) is 1. The molecule has 0 saturated carbocycles. The Bertz CT molecular complexity index is 1510. The van der Waals surface area contributed by atoms with E-state index in [0.717, 1.165) is 39.5 Å². The Morgan fingerprint density at radius 3 is 2.32 bits per heavy atom. The number of benzene rings is 3. The molecule has 1 N–H and O–H groups in total. The fourth-order valence-electron chi connectivity index (χ4n) is 5.20. The van der Waals surface area contributed by atoms with Crippen LogP contribution in [0, 0.1) is 0 Å². The van der Waals surface area contributed by atoms with Crippen molar-refractivity contribution in [2.45, 2.75) is 12.1 Å². The number of fused-ring (bicyclic) bond motifs is 3. The molecule has 3 aromatic carbocycles. The summed E-state index contributed by atoms with van der Waals surface area (Å²) in [5.74, 6) is 3.69. The van der Waals surface area contributed by atoms with Gasteiger partial charge in [0, 0.05) is 22.3 Å². The molecule has 0 radical (unpaired) electrons. The molecule has 0 aliphatic carbocycles. The summed E-state index contributed by atoms with van der Waals surface area (Å²) in [4.78, 5) is 4.50. The van der Waals surface area contributed by atoms with E-state index in [1.54, 1.807) is 34.8 Å². The maximum Gasteiger partial charge on any atom is 0.226 e. The van der Waals surface area contributed by atoms with Crippen molar-refractivity contribution in [2.24, 2.45) is 0 Å². The summed E-state index contributed by atoms with van der Waals surface area (Å²) < 4.78 is 31.5. The minimum atomic E-state index is -0.556. The zero-order chi connectivity index (χ0) is 25.5. The number of hydrogen-bond acceptors (Lipinski definition) is 8. The Balaban J connectivity index is 1.66. The third-order valence-electron chi connectivity index (χ3n) is 6.77. The van der Waals surface area contributed by atoms with E-state index >= 15 is 0 Å². The van der Waals surface area contributed by atoms with Crippen molar-refractivity contribution < 1.29 is 23.7 Å². The van der Waals surface area contributed by atoms with Gasteiger partial charge in [-0.2, -0.15) is 10.1 Å². The normalized spacial score (nSPS) is 17.5. The Morgan fingerprint density at radius 2 is 1.54 bits per heavy atom. The number of rotatable bonds is 6. The van der Waals surface area contributed by atoms with Gasteiger partial charge < -0.3 is 29.0 Å². The van der Waals surface area contributed by atoms with Crippen LogP contribution in [0.5, 0.6) is 28.7 Å². The summed E-state index contributed by atoms with van der Waals surface area (Å²) in [5.41, 5.74) is 4.49. The first-order valence-corrected chi connectivity index (χ1v) is 11.8. The van der Waals surface area contributed by atoms with Gasteiger partial charge in [-0.3, -0.25) is 0 Å². The molecule has 4 aromatic rings. The van der Waals surface area contributed by atoms with Crippen molar-refractivity contribution in [1.29, 1.82) is 0 Å². The molecule has 0 saturated heterocycles. The number of aromatic nitrogens is 3. The van der Waals surface area contributed by atoms with Gasteiger partial charge in [-0.05, 0) is 30.3 Å². The minimum Gasteiger partial charge on any atom is -0.496 e. The smallest absolute Gasteiger partial charge is 0.226 e. The van der Waals surface area contributed by atoms with Crippen LogP contribution in [-0.4, -0.2) is 43.2 Å². The van der Waals surface area contributed by atoms with Crippen LogP contribution in [0.25, 0.3) is 5.70 Å². The summed E-state index contributed by atoms with van der Waals surface area (Å²) >= 11 is 0. The quantitative estimate of drug-likeness (QED) is 0.403. The van der Waals surface area contributed by atoms with E-state index in [1.165, 1.54) is 0 Å². The Kier molecular flexibility index (Phi) is 5.60. The molecule has 0 unspecified atom stereocenters. The van der Waals surface area contributed by atoms with E-state index in [1.807, 2.05) is 65.3 Å². The van der Waals surface area contributed by atoms with Crippen LogP contribution >= 0.6 is 0 Å². The molecule has 37 heavy (non-hydrogen) atoms. The Hall–Kier alpha value is -4.66. The molecule has 1 aromatic heterocycles. The zero-order valence-electron chi connectivity index (χ0n) is 20.9. The molecule has 2 aliphatic rings. The van der Waals surface area contributed by atoms with Gasteiger partial charge in [-0.25, -0.2) is 4.68 Å². The van der Waals surface area contributed by atoms with Gasteiger partial charge in [0.15, 0.2) is 17.6 Å². The van der Waals surface area contributed by atoms with Gasteiger partial charge in [-0.1, -0.05) is 30.3 Å². The van der Waals surface area contributed by atoms with E-state index < -0.39 is 6.10 Å². The van der Waals surface area contributed by atoms with E-state index in [9.17, 15) is 0 Å². The molecule has 2 atom stereocenters. The topological polar surface area (TPSA) is 88.9 Å². The summed E-state index contributed by atoms with van der Waals surface area (Å²) in [6, 6.07) is 19.3. The highest BCUT2D eigenvalue weighted by molar-refractivity contribution is 5.85. The molecule has 0 spiro atoms. The number of anilines is 1. The lowest BCUT2D eigenvalue weighted by Crippen LogP contribution is -2.32. The summed E-state index contributed by atoms with van der Waals surface area (Å²) in [6.07, 6.45) is 0.988. The van der Waals surface area contributed by atoms with Crippen LogP contribution in [-0.2, 0) is 0 Å². The van der Waals surface area contributed by atoms with E-state index in [4.69, 9.17) is 23.7 Å². The van der Waals surface area contributed by atoms with Crippen LogP contribution in [0.1, 0.15) is 28.8 Å². The summed E-state index contributed by atoms with van der Waals surface area (Å²) in [7, 11) is 6.46. The highest BCUT2D eigenvalue weighted by Crippen LogP contribution is 2.54. The van der Waals surface area contributed by atoms with Crippen molar-refractivity contribution in [1.82, 2.24) is 14.8 Å². The lowest BCUT2D eigenvalue weighted by molar-refractivity contribution is 0.214. The number of hydrogen-bond donors (Lipinski definition) is 1. The third kappa shape index (κ3) is 3.46. The van der Waals surface area contributed by atoms with Crippen molar-refractivity contribution in [3.05, 3.63) is 89.3 Å². The van der Waals surface area contributed by atoms with Gasteiger partial charge in [0.1, 0.15) is 23.9 Å². The first-order chi connectivity index (χ1) is 18.2. The van der Waals surface area contributed by atoms with Crippen molar-refractivity contribution in [2.75, 3.05) is 33.8 Å². The first kappa shape index (κ1) is 22.8. The van der Waals surface area contributed by atoms with E-state index in [2.05, 4.69) is 15.4 Å². The van der Waals surface area contributed by atoms with Crippen LogP contribution in [0.3, 0.4) is 0 Å². The van der Waals surface area contributed by atoms with Gasteiger partial charge in [0.05, 0.1) is 34.1 Å². The van der Waals surface area contributed by atoms with E-state index in [-0.39, 0.29) is 6.04 Å². The standard InChI is InChI=1S/C28H26N4O5/c1-33-19-11-7-6-10-17(19)24-22-23(31-28-29-15-30-32(24)28)16-9-5-8-12-20(16)37-25(22)18-13-14-21(34-2)27(36-4)26(18)35-3/h5-15,24-25H,1-4H3,(H,29,30,31)/t24-,25-/m0/s1. The lowest BCUT2D eigenvalue weighted by atomic mass is 9.84. The van der Waals surface area contributed by atoms with Gasteiger partial charge in [0.2, 0.25) is 11.7 Å². The summed E-state index contributed by atoms with van der Waals surface area (Å²) in [5, 5.41) is 8.10. The maximum atomic E-state index is 6.74. The second kappa shape index (κ2) is 9.09. The minimum absolute atomic E-state index is 0.374. The second-order valence-corrected chi connectivity index (χ2v) is 8.55. The number of nitrogens with zero attached hydrogens (tertiary/aromatic N) is 3. The predicted molar refractivity (Wildman–Crippen MR) is 138 cm³/mol. The third-order valence-corrected chi connectivity index (χ3v) is 6.77. The molecule has 3 heterocycles. The molecule has 9 heteroatoms. The average Bonchev–Trinajstić information content (AvgIpc) is 3.43. The molecular weight excluding hydrogens is 472 g/mol. The van der Waals surface area contributed by atoms with Gasteiger partial charge in [-0.15, -0.1) is 0 Å². The first-order valence-electron chi connectivity index (χ1n) is 11.8. The molecule has 0 bridgehead atoms. The maximum absolute atomic E-state index is 6.74. The average molecular weight is 499 g/mol. The largest absolute Gasteiger partial charge is 0.496 e. The van der Waals surface area contributed by atoms with Gasteiger partial charge >= 0.3 is 0 Å². The highest BCUT2D eigenvalue weighted by atomic mass is 16.5. The molecule has 6 rings (SSSR count). The predicted octanol–water partition coefficient (Wildman–Crippen LogP) is 4.87. The number of ether oxygens (including phenoxy) is 5. The monoisotopic (exact) mass is 498 g/mol. The highest BCUT2D eigenvalue weighted by Gasteiger charge is 2.43. The van der Waals surface area contributed by atoms with Gasteiger partial charge in [0.25, 0.3) is 0 Å². The van der Waals surface area contributed by atoms with Crippen LogP contribution < -0.4 is 29.0 Å².